The molecule has 2 heterocycles. The monoisotopic (exact) mass is 261 g/mol. The van der Waals surface area contributed by atoms with E-state index in [1.54, 1.807) is 17.5 Å². The highest BCUT2D eigenvalue weighted by molar-refractivity contribution is 7.10. The third kappa shape index (κ3) is 2.96. The molecule has 0 aliphatic heterocycles. The number of nitrogens with zero attached hydrogens (tertiary/aromatic N) is 2. The first-order valence-corrected chi connectivity index (χ1v) is 6.93. The van der Waals surface area contributed by atoms with Gasteiger partial charge in [0.05, 0.1) is 6.04 Å². The molecule has 1 unspecified atom stereocenters. The Morgan fingerprint density at radius 2 is 2.28 bits per heavy atom. The third-order valence-electron chi connectivity index (χ3n) is 3.11. The molecule has 0 aromatic carbocycles. The van der Waals surface area contributed by atoms with E-state index in [1.807, 2.05) is 12.3 Å². The van der Waals surface area contributed by atoms with Crippen molar-refractivity contribution in [3.63, 3.8) is 0 Å². The van der Waals surface area contributed by atoms with Crippen LogP contribution < -0.4 is 5.73 Å². The molecule has 0 bridgehead atoms. The van der Waals surface area contributed by atoms with Gasteiger partial charge in [-0.3, -0.25) is 9.88 Å². The summed E-state index contributed by atoms with van der Waals surface area (Å²) in [5.41, 5.74) is 8.48. The lowest BCUT2D eigenvalue weighted by Gasteiger charge is -2.26. The lowest BCUT2D eigenvalue weighted by Crippen LogP contribution is -2.30. The smallest absolute Gasteiger partial charge is 0.0567 e. The second-order valence-electron chi connectivity index (χ2n) is 4.50. The molecule has 2 aromatic heterocycles. The predicted octanol–water partition coefficient (Wildman–Crippen LogP) is 2.58. The van der Waals surface area contributed by atoms with Crippen molar-refractivity contribution in [2.75, 3.05) is 13.6 Å². The van der Waals surface area contributed by atoms with E-state index in [-0.39, 0.29) is 6.04 Å². The van der Waals surface area contributed by atoms with Crippen molar-refractivity contribution in [2.24, 2.45) is 5.73 Å². The van der Waals surface area contributed by atoms with Gasteiger partial charge in [-0.1, -0.05) is 6.07 Å². The van der Waals surface area contributed by atoms with Crippen molar-refractivity contribution in [1.29, 1.82) is 0 Å². The molecule has 0 aliphatic carbocycles. The standard InChI is InChI=1S/C14H19N3S/c1-11-5-7-18-14(11)13(8-15)17(2)10-12-4-3-6-16-9-12/h3-7,9,13H,8,10,15H2,1-2H3. The van der Waals surface area contributed by atoms with E-state index in [1.165, 1.54) is 16.0 Å². The minimum absolute atomic E-state index is 0.283. The van der Waals surface area contributed by atoms with Crippen LogP contribution in [-0.2, 0) is 6.54 Å². The van der Waals surface area contributed by atoms with Crippen LogP contribution in [-0.4, -0.2) is 23.5 Å². The molecule has 3 nitrogen and oxygen atoms in total. The van der Waals surface area contributed by atoms with Crippen molar-refractivity contribution >= 4 is 11.3 Å². The normalized spacial score (nSPS) is 12.9. The molecule has 1 atom stereocenters. The van der Waals surface area contributed by atoms with Crippen molar-refractivity contribution in [2.45, 2.75) is 19.5 Å². The molecule has 2 N–H and O–H groups in total. The van der Waals surface area contributed by atoms with Crippen LogP contribution in [0.1, 0.15) is 22.0 Å². The Hall–Kier alpha value is -1.23. The summed E-state index contributed by atoms with van der Waals surface area (Å²) < 4.78 is 0. The molecule has 2 aromatic rings. The van der Waals surface area contributed by atoms with Crippen molar-refractivity contribution < 1.29 is 0 Å². The molecule has 0 fully saturated rings. The highest BCUT2D eigenvalue weighted by Gasteiger charge is 2.18. The number of pyridine rings is 1. The van der Waals surface area contributed by atoms with E-state index in [0.29, 0.717) is 6.54 Å². The topological polar surface area (TPSA) is 42.1 Å². The van der Waals surface area contributed by atoms with Gasteiger partial charge in [0, 0.05) is 30.4 Å². The first-order chi connectivity index (χ1) is 8.72. The van der Waals surface area contributed by atoms with E-state index >= 15 is 0 Å². The van der Waals surface area contributed by atoms with E-state index in [2.05, 4.69) is 41.4 Å². The average Bonchev–Trinajstić information content (AvgIpc) is 2.78. The van der Waals surface area contributed by atoms with Gasteiger partial charge in [-0.15, -0.1) is 11.3 Å². The summed E-state index contributed by atoms with van der Waals surface area (Å²) in [5, 5.41) is 2.13. The minimum Gasteiger partial charge on any atom is -0.329 e. The van der Waals surface area contributed by atoms with Gasteiger partial charge in [0.2, 0.25) is 0 Å². The van der Waals surface area contributed by atoms with Crippen LogP contribution >= 0.6 is 11.3 Å². The SMILES string of the molecule is Cc1ccsc1C(CN)N(C)Cc1cccnc1. The van der Waals surface area contributed by atoms with Gasteiger partial charge in [0.1, 0.15) is 0 Å². The number of rotatable bonds is 5. The molecular formula is C14H19N3S. The van der Waals surface area contributed by atoms with Crippen molar-refractivity contribution in [1.82, 2.24) is 9.88 Å². The summed E-state index contributed by atoms with van der Waals surface area (Å²) in [7, 11) is 2.11. The number of nitrogens with two attached hydrogens (primary N) is 1. The zero-order valence-electron chi connectivity index (χ0n) is 10.8. The van der Waals surface area contributed by atoms with Gasteiger partial charge in [0.25, 0.3) is 0 Å². The van der Waals surface area contributed by atoms with Crippen LogP contribution in [0.3, 0.4) is 0 Å². The van der Waals surface area contributed by atoms with Crippen molar-refractivity contribution in [3.05, 3.63) is 52.0 Å². The highest BCUT2D eigenvalue weighted by Crippen LogP contribution is 2.28. The van der Waals surface area contributed by atoms with Crippen LogP contribution in [0, 0.1) is 6.92 Å². The van der Waals surface area contributed by atoms with Crippen molar-refractivity contribution in [3.8, 4) is 0 Å². The summed E-state index contributed by atoms with van der Waals surface area (Å²) in [6, 6.07) is 6.50. The Morgan fingerprint density at radius 1 is 1.44 bits per heavy atom. The number of hydrogen-bond acceptors (Lipinski definition) is 4. The molecule has 0 spiro atoms. The Labute approximate surface area is 112 Å². The largest absolute Gasteiger partial charge is 0.329 e. The lowest BCUT2D eigenvalue weighted by atomic mass is 10.1. The lowest BCUT2D eigenvalue weighted by molar-refractivity contribution is 0.244. The van der Waals surface area contributed by atoms with E-state index in [4.69, 9.17) is 5.73 Å². The first-order valence-electron chi connectivity index (χ1n) is 6.05. The van der Waals surface area contributed by atoms with Crippen LogP contribution in [0.25, 0.3) is 0 Å². The number of aryl methyl sites for hydroxylation is 1. The maximum Gasteiger partial charge on any atom is 0.0567 e. The molecule has 96 valence electrons. The Bertz CT molecular complexity index is 481. The zero-order valence-corrected chi connectivity index (χ0v) is 11.7. The Kier molecular flexibility index (Phi) is 4.47. The number of hydrogen-bond donors (Lipinski definition) is 1. The summed E-state index contributed by atoms with van der Waals surface area (Å²) in [4.78, 5) is 7.80. The predicted molar refractivity (Wildman–Crippen MR) is 76.6 cm³/mol. The maximum absolute atomic E-state index is 5.94. The van der Waals surface area contributed by atoms with Gasteiger partial charge >= 0.3 is 0 Å². The van der Waals surface area contributed by atoms with E-state index < -0.39 is 0 Å². The van der Waals surface area contributed by atoms with Gasteiger partial charge < -0.3 is 5.73 Å². The molecule has 0 aliphatic rings. The van der Waals surface area contributed by atoms with Gasteiger partial charge in [-0.2, -0.15) is 0 Å². The third-order valence-corrected chi connectivity index (χ3v) is 4.23. The Balaban J connectivity index is 2.11. The van der Waals surface area contributed by atoms with Gasteiger partial charge in [-0.05, 0) is 42.6 Å². The molecule has 0 amide bonds. The van der Waals surface area contributed by atoms with Gasteiger partial charge in [0.15, 0.2) is 0 Å². The average molecular weight is 261 g/mol. The fraction of sp³-hybridized carbons (Fsp3) is 0.357. The van der Waals surface area contributed by atoms with Crippen LogP contribution in [0.15, 0.2) is 36.0 Å². The summed E-state index contributed by atoms with van der Waals surface area (Å²) in [6.45, 7) is 3.65. The highest BCUT2D eigenvalue weighted by atomic mass is 32.1. The molecule has 0 saturated heterocycles. The summed E-state index contributed by atoms with van der Waals surface area (Å²) >= 11 is 1.78. The quantitative estimate of drug-likeness (QED) is 0.899. The number of likely N-dealkylation sites (N-methyl/N-ethyl adjacent to an activating group) is 1. The van der Waals surface area contributed by atoms with Crippen LogP contribution in [0.4, 0.5) is 0 Å². The fourth-order valence-electron chi connectivity index (χ4n) is 2.10. The summed E-state index contributed by atoms with van der Waals surface area (Å²) in [5.74, 6) is 0. The molecule has 0 saturated carbocycles. The minimum atomic E-state index is 0.283. The van der Waals surface area contributed by atoms with E-state index in [9.17, 15) is 0 Å². The first kappa shape index (κ1) is 13.2. The van der Waals surface area contributed by atoms with E-state index in [0.717, 1.165) is 6.54 Å². The second kappa shape index (κ2) is 6.09. The zero-order chi connectivity index (χ0) is 13.0. The molecule has 2 rings (SSSR count). The Morgan fingerprint density at radius 3 is 2.83 bits per heavy atom. The number of aromatic nitrogens is 1. The maximum atomic E-state index is 5.94. The summed E-state index contributed by atoms with van der Waals surface area (Å²) in [6.07, 6.45) is 3.71. The number of thiophene rings is 1. The van der Waals surface area contributed by atoms with Crippen LogP contribution in [0.5, 0.6) is 0 Å². The molecule has 18 heavy (non-hydrogen) atoms. The second-order valence-corrected chi connectivity index (χ2v) is 5.44. The molecular weight excluding hydrogens is 242 g/mol. The van der Waals surface area contributed by atoms with Gasteiger partial charge in [-0.25, -0.2) is 0 Å². The molecule has 0 radical (unpaired) electrons. The van der Waals surface area contributed by atoms with Crippen LogP contribution in [0.2, 0.25) is 0 Å². The molecule has 4 heteroatoms. The fourth-order valence-corrected chi connectivity index (χ4v) is 3.21.